The van der Waals surface area contributed by atoms with E-state index in [0.29, 0.717) is 6.54 Å². The summed E-state index contributed by atoms with van der Waals surface area (Å²) in [6.07, 6.45) is 14.5. The van der Waals surface area contributed by atoms with Crippen molar-refractivity contribution in [3.63, 3.8) is 0 Å². The summed E-state index contributed by atoms with van der Waals surface area (Å²) in [6.45, 7) is 9.01. The highest BCUT2D eigenvalue weighted by molar-refractivity contribution is 5.22. The first kappa shape index (κ1) is 22.0. The summed E-state index contributed by atoms with van der Waals surface area (Å²) in [4.78, 5) is 4.20. The van der Waals surface area contributed by atoms with E-state index >= 15 is 0 Å². The van der Waals surface area contributed by atoms with Gasteiger partial charge in [-0.2, -0.15) is 0 Å². The van der Waals surface area contributed by atoms with Crippen molar-refractivity contribution in [2.75, 3.05) is 13.2 Å². The van der Waals surface area contributed by atoms with Crippen molar-refractivity contribution in [2.24, 2.45) is 5.41 Å². The summed E-state index contributed by atoms with van der Waals surface area (Å²) in [5.41, 5.74) is 2.93. The Hall–Kier alpha value is -1.65. The lowest BCUT2D eigenvalue weighted by molar-refractivity contribution is -0.314. The third kappa shape index (κ3) is 5.93. The van der Waals surface area contributed by atoms with Gasteiger partial charge >= 0.3 is 0 Å². The first-order chi connectivity index (χ1) is 14.1. The van der Waals surface area contributed by atoms with Crippen LogP contribution < -0.4 is 0 Å². The molecule has 1 aliphatic heterocycles. The predicted molar refractivity (Wildman–Crippen MR) is 118 cm³/mol. The van der Waals surface area contributed by atoms with Gasteiger partial charge in [0.2, 0.25) is 0 Å². The van der Waals surface area contributed by atoms with Crippen LogP contribution in [0, 0.1) is 5.41 Å². The quantitative estimate of drug-likeness (QED) is 0.480. The predicted octanol–water partition coefficient (Wildman–Crippen LogP) is 5.80. The van der Waals surface area contributed by atoms with Crippen LogP contribution in [0.2, 0.25) is 0 Å². The van der Waals surface area contributed by atoms with E-state index in [1.54, 1.807) is 0 Å². The Bertz CT molecular complexity index is 693. The molecule has 1 aromatic heterocycles. The van der Waals surface area contributed by atoms with Crippen LogP contribution in [0.1, 0.15) is 70.4 Å². The summed E-state index contributed by atoms with van der Waals surface area (Å²) in [6, 6.07) is 9.04. The molecule has 0 saturated carbocycles. The summed E-state index contributed by atoms with van der Waals surface area (Å²) < 4.78 is 15.2. The number of imidazole rings is 1. The van der Waals surface area contributed by atoms with Gasteiger partial charge in [0, 0.05) is 24.2 Å². The van der Waals surface area contributed by atoms with Crippen LogP contribution >= 0.6 is 0 Å². The molecule has 2 heterocycles. The molecule has 0 N–H and O–H groups in total. The van der Waals surface area contributed by atoms with E-state index in [-0.39, 0.29) is 5.41 Å². The van der Waals surface area contributed by atoms with Crippen molar-refractivity contribution in [1.29, 1.82) is 0 Å². The lowest BCUT2D eigenvalue weighted by atomic mass is 9.79. The number of benzene rings is 1. The van der Waals surface area contributed by atoms with Gasteiger partial charge in [0.25, 0.3) is 0 Å². The van der Waals surface area contributed by atoms with Crippen LogP contribution in [0.5, 0.6) is 0 Å². The molecule has 4 nitrogen and oxygen atoms in total. The summed E-state index contributed by atoms with van der Waals surface area (Å²) >= 11 is 0. The Morgan fingerprint density at radius 2 is 1.48 bits per heavy atom. The molecule has 3 rings (SSSR count). The number of hydrogen-bond acceptors (Lipinski definition) is 3. The first-order valence-electron chi connectivity index (χ1n) is 11.4. The maximum absolute atomic E-state index is 6.57. The highest BCUT2D eigenvalue weighted by Gasteiger charge is 2.44. The number of aromatic nitrogens is 2. The van der Waals surface area contributed by atoms with Gasteiger partial charge in [-0.15, -0.1) is 0 Å². The zero-order valence-corrected chi connectivity index (χ0v) is 18.5. The van der Waals surface area contributed by atoms with Gasteiger partial charge in [-0.05, 0) is 36.8 Å². The Morgan fingerprint density at radius 1 is 0.862 bits per heavy atom. The summed E-state index contributed by atoms with van der Waals surface area (Å²) in [5, 5.41) is 0. The molecule has 0 bridgehead atoms. The average molecular weight is 399 g/mol. The van der Waals surface area contributed by atoms with Crippen molar-refractivity contribution >= 4 is 0 Å². The van der Waals surface area contributed by atoms with Gasteiger partial charge in [-0.1, -0.05) is 64.3 Å². The fraction of sp³-hybridized carbons (Fsp3) is 0.640. The van der Waals surface area contributed by atoms with E-state index in [1.165, 1.54) is 43.2 Å². The van der Waals surface area contributed by atoms with E-state index in [2.05, 4.69) is 54.6 Å². The number of hydrogen-bond donors (Lipinski definition) is 0. The van der Waals surface area contributed by atoms with Gasteiger partial charge in [-0.3, -0.25) is 0 Å². The fourth-order valence-electron chi connectivity index (χ4n) is 4.60. The van der Waals surface area contributed by atoms with Crippen molar-refractivity contribution in [2.45, 2.75) is 84.5 Å². The van der Waals surface area contributed by atoms with Crippen LogP contribution in [0.4, 0.5) is 0 Å². The van der Waals surface area contributed by atoms with Gasteiger partial charge in [0.1, 0.15) is 0 Å². The SMILES string of the molecule is CCCc1ccc(CCC2(Cn3ccnc3)OCC(CCC)(CCC)CO2)cc1. The second kappa shape index (κ2) is 10.4. The monoisotopic (exact) mass is 398 g/mol. The smallest absolute Gasteiger partial charge is 0.186 e. The van der Waals surface area contributed by atoms with E-state index < -0.39 is 5.79 Å². The van der Waals surface area contributed by atoms with Crippen molar-refractivity contribution in [1.82, 2.24) is 9.55 Å². The minimum atomic E-state index is -0.576. The summed E-state index contributed by atoms with van der Waals surface area (Å²) in [7, 11) is 0. The van der Waals surface area contributed by atoms with Crippen LogP contribution in [-0.4, -0.2) is 28.6 Å². The molecule has 1 fully saturated rings. The topological polar surface area (TPSA) is 36.3 Å². The third-order valence-electron chi connectivity index (χ3n) is 6.18. The molecular weight excluding hydrogens is 360 g/mol. The second-order valence-corrected chi connectivity index (χ2v) is 8.79. The lowest BCUT2D eigenvalue weighted by Crippen LogP contribution is -2.52. The lowest BCUT2D eigenvalue weighted by Gasteiger charge is -2.47. The molecule has 29 heavy (non-hydrogen) atoms. The highest BCUT2D eigenvalue weighted by Crippen LogP contribution is 2.40. The normalized spacial score (nSPS) is 18.0. The Morgan fingerprint density at radius 3 is 2.00 bits per heavy atom. The standard InChI is InChI=1S/C25H38N2O2/c1-4-7-22-8-10-23(11-9-22)12-15-25(18-27-17-16-26-21-27)28-19-24(13-5-2,14-6-3)20-29-25/h8-11,16-17,21H,4-7,12-15,18-20H2,1-3H3. The molecule has 0 amide bonds. The molecular formula is C25H38N2O2. The number of nitrogens with zero attached hydrogens (tertiary/aromatic N) is 2. The fourth-order valence-corrected chi connectivity index (χ4v) is 4.60. The van der Waals surface area contributed by atoms with Gasteiger partial charge in [0.15, 0.2) is 5.79 Å². The zero-order valence-electron chi connectivity index (χ0n) is 18.5. The van der Waals surface area contributed by atoms with Crippen molar-refractivity contribution in [3.8, 4) is 0 Å². The molecule has 1 aliphatic rings. The maximum Gasteiger partial charge on any atom is 0.186 e. The van der Waals surface area contributed by atoms with Crippen LogP contribution in [-0.2, 0) is 28.9 Å². The van der Waals surface area contributed by atoms with E-state index in [0.717, 1.165) is 32.5 Å². The van der Waals surface area contributed by atoms with Crippen LogP contribution in [0.25, 0.3) is 0 Å². The summed E-state index contributed by atoms with van der Waals surface area (Å²) in [5.74, 6) is -0.576. The largest absolute Gasteiger partial charge is 0.347 e. The van der Waals surface area contributed by atoms with Gasteiger partial charge in [0.05, 0.1) is 26.1 Å². The molecule has 0 atom stereocenters. The molecule has 1 aromatic carbocycles. The van der Waals surface area contributed by atoms with Crippen molar-refractivity contribution in [3.05, 3.63) is 54.1 Å². The first-order valence-corrected chi connectivity index (χ1v) is 11.4. The molecule has 0 spiro atoms. The molecule has 0 radical (unpaired) electrons. The van der Waals surface area contributed by atoms with Gasteiger partial charge in [-0.25, -0.2) is 4.98 Å². The zero-order chi connectivity index (χ0) is 20.6. The third-order valence-corrected chi connectivity index (χ3v) is 6.18. The van der Waals surface area contributed by atoms with E-state index in [1.807, 2.05) is 18.7 Å². The molecule has 0 aliphatic carbocycles. The Labute approximate surface area is 176 Å². The molecule has 160 valence electrons. The molecule has 2 aromatic rings. The number of rotatable bonds is 11. The van der Waals surface area contributed by atoms with E-state index in [4.69, 9.17) is 9.47 Å². The minimum absolute atomic E-state index is 0.170. The molecule has 0 unspecified atom stereocenters. The highest BCUT2D eigenvalue weighted by atomic mass is 16.7. The van der Waals surface area contributed by atoms with Crippen LogP contribution in [0.15, 0.2) is 43.0 Å². The minimum Gasteiger partial charge on any atom is -0.347 e. The van der Waals surface area contributed by atoms with Crippen LogP contribution in [0.3, 0.4) is 0 Å². The second-order valence-electron chi connectivity index (χ2n) is 8.79. The van der Waals surface area contributed by atoms with Gasteiger partial charge < -0.3 is 14.0 Å². The molecule has 1 saturated heterocycles. The molecule has 4 heteroatoms. The van der Waals surface area contributed by atoms with Crippen molar-refractivity contribution < 1.29 is 9.47 Å². The Balaban J connectivity index is 1.69. The number of aryl methyl sites for hydroxylation is 2. The van der Waals surface area contributed by atoms with E-state index in [9.17, 15) is 0 Å². The Kier molecular flexibility index (Phi) is 7.91. The maximum atomic E-state index is 6.57. The average Bonchev–Trinajstić information content (AvgIpc) is 3.23. The number of ether oxygens (including phenoxy) is 2.